The molecule has 0 radical (unpaired) electrons. The Morgan fingerprint density at radius 3 is 2.92 bits per heavy atom. The van der Waals surface area contributed by atoms with Crippen LogP contribution in [-0.4, -0.2) is 38.8 Å². The van der Waals surface area contributed by atoms with E-state index in [-0.39, 0.29) is 24.0 Å². The van der Waals surface area contributed by atoms with E-state index in [0.29, 0.717) is 18.6 Å². The molecule has 2 heterocycles. The number of aromatic nitrogens is 4. The molecule has 2 N–H and O–H groups in total. The summed E-state index contributed by atoms with van der Waals surface area (Å²) < 4.78 is 2.07. The van der Waals surface area contributed by atoms with Crippen molar-refractivity contribution in [3.8, 4) is 0 Å². The third kappa shape index (κ3) is 5.15. The van der Waals surface area contributed by atoms with Crippen LogP contribution in [0.5, 0.6) is 0 Å². The van der Waals surface area contributed by atoms with Crippen LogP contribution in [0.25, 0.3) is 0 Å². The van der Waals surface area contributed by atoms with Crippen molar-refractivity contribution < 1.29 is 0 Å². The molecular weight excluding hydrogens is 441 g/mol. The SMILES string of the molecule is CN=C(NCc1ccnc(C)n1)NC1CCc2cn(C(C)C)nc2C1.I. The number of halogens is 1. The van der Waals surface area contributed by atoms with Crippen LogP contribution < -0.4 is 10.6 Å². The van der Waals surface area contributed by atoms with Crippen molar-refractivity contribution in [1.29, 1.82) is 0 Å². The summed E-state index contributed by atoms with van der Waals surface area (Å²) in [5.74, 6) is 1.58. The van der Waals surface area contributed by atoms with E-state index in [0.717, 1.165) is 36.7 Å². The molecule has 1 aliphatic rings. The first-order chi connectivity index (χ1) is 12.0. The van der Waals surface area contributed by atoms with Crippen molar-refractivity contribution in [1.82, 2.24) is 30.4 Å². The van der Waals surface area contributed by atoms with E-state index >= 15 is 0 Å². The Hall–Kier alpha value is -1.71. The summed E-state index contributed by atoms with van der Waals surface area (Å²) in [5.41, 5.74) is 3.54. The molecule has 2 aromatic rings. The Kier molecular flexibility index (Phi) is 7.36. The molecule has 0 aromatic carbocycles. The van der Waals surface area contributed by atoms with Gasteiger partial charge in [0.25, 0.3) is 0 Å². The fourth-order valence-corrected chi connectivity index (χ4v) is 3.07. The number of hydrogen-bond donors (Lipinski definition) is 2. The molecule has 0 spiro atoms. The van der Waals surface area contributed by atoms with Crippen LogP contribution in [0.4, 0.5) is 0 Å². The van der Waals surface area contributed by atoms with Crippen LogP contribution in [0.3, 0.4) is 0 Å². The molecular formula is C18H28IN7. The smallest absolute Gasteiger partial charge is 0.191 e. The van der Waals surface area contributed by atoms with Crippen molar-refractivity contribution in [2.75, 3.05) is 7.05 Å². The van der Waals surface area contributed by atoms with Crippen molar-refractivity contribution >= 4 is 29.9 Å². The van der Waals surface area contributed by atoms with Gasteiger partial charge in [0.1, 0.15) is 5.82 Å². The first kappa shape index (κ1) is 20.6. The van der Waals surface area contributed by atoms with Gasteiger partial charge in [0.2, 0.25) is 0 Å². The molecule has 2 aromatic heterocycles. The predicted octanol–water partition coefficient (Wildman–Crippen LogP) is 2.40. The normalized spacial score (nSPS) is 16.8. The monoisotopic (exact) mass is 469 g/mol. The number of nitrogens with one attached hydrogen (secondary N) is 2. The van der Waals surface area contributed by atoms with Crippen molar-refractivity contribution in [3.05, 3.63) is 41.2 Å². The summed E-state index contributed by atoms with van der Waals surface area (Å²) in [5, 5.41) is 11.6. The van der Waals surface area contributed by atoms with Crippen LogP contribution in [0.2, 0.25) is 0 Å². The molecule has 7 nitrogen and oxygen atoms in total. The van der Waals surface area contributed by atoms with Gasteiger partial charge in [0, 0.05) is 37.9 Å². The van der Waals surface area contributed by atoms with E-state index < -0.39 is 0 Å². The molecule has 142 valence electrons. The van der Waals surface area contributed by atoms with Crippen LogP contribution in [-0.2, 0) is 19.4 Å². The molecule has 0 bridgehead atoms. The molecule has 1 unspecified atom stereocenters. The van der Waals surface area contributed by atoms with Gasteiger partial charge in [-0.1, -0.05) is 0 Å². The van der Waals surface area contributed by atoms with Gasteiger partial charge in [0.15, 0.2) is 5.96 Å². The zero-order valence-electron chi connectivity index (χ0n) is 15.9. The summed E-state index contributed by atoms with van der Waals surface area (Å²) in [6, 6.07) is 2.67. The standard InChI is InChI=1S/C18H27N7.HI/c1-12(2)25-11-14-5-6-15(9-17(14)24-25)23-18(19-4)21-10-16-7-8-20-13(3)22-16;/h7-8,11-12,15H,5-6,9-10H2,1-4H3,(H2,19,21,23);1H. The lowest BCUT2D eigenvalue weighted by atomic mass is 9.94. The average molecular weight is 469 g/mol. The minimum atomic E-state index is 0. The molecule has 0 fully saturated rings. The lowest BCUT2D eigenvalue weighted by molar-refractivity contribution is 0.499. The number of nitrogens with zero attached hydrogens (tertiary/aromatic N) is 5. The fraction of sp³-hybridized carbons (Fsp3) is 0.556. The molecule has 1 atom stereocenters. The molecule has 0 aliphatic heterocycles. The Balaban J connectivity index is 0.00000243. The largest absolute Gasteiger partial charge is 0.353 e. The third-order valence-corrected chi connectivity index (χ3v) is 4.46. The number of fused-ring (bicyclic) bond motifs is 1. The summed E-state index contributed by atoms with van der Waals surface area (Å²) >= 11 is 0. The Bertz CT molecular complexity index is 754. The summed E-state index contributed by atoms with van der Waals surface area (Å²) in [6.45, 7) is 6.85. The van der Waals surface area contributed by atoms with E-state index in [4.69, 9.17) is 5.10 Å². The highest BCUT2D eigenvalue weighted by molar-refractivity contribution is 14.0. The van der Waals surface area contributed by atoms with Gasteiger partial charge in [0.05, 0.1) is 17.9 Å². The molecule has 3 rings (SSSR count). The molecule has 26 heavy (non-hydrogen) atoms. The quantitative estimate of drug-likeness (QED) is 0.409. The predicted molar refractivity (Wildman–Crippen MR) is 114 cm³/mol. The van der Waals surface area contributed by atoms with Crippen LogP contribution in [0.1, 0.15) is 49.1 Å². The second kappa shape index (κ2) is 9.29. The van der Waals surface area contributed by atoms with Gasteiger partial charge in [-0.25, -0.2) is 9.97 Å². The molecule has 0 saturated heterocycles. The molecule has 0 amide bonds. The zero-order valence-corrected chi connectivity index (χ0v) is 18.2. The lowest BCUT2D eigenvalue weighted by Crippen LogP contribution is -2.45. The number of aliphatic imine (C=N–C) groups is 1. The van der Waals surface area contributed by atoms with Gasteiger partial charge in [-0.3, -0.25) is 9.67 Å². The van der Waals surface area contributed by atoms with Gasteiger partial charge in [-0.2, -0.15) is 5.10 Å². The van der Waals surface area contributed by atoms with Crippen molar-refractivity contribution in [2.24, 2.45) is 4.99 Å². The van der Waals surface area contributed by atoms with Crippen LogP contribution in [0, 0.1) is 6.92 Å². The van der Waals surface area contributed by atoms with Crippen LogP contribution in [0.15, 0.2) is 23.5 Å². The van der Waals surface area contributed by atoms with Gasteiger partial charge in [-0.05, 0) is 45.2 Å². The third-order valence-electron chi connectivity index (χ3n) is 4.46. The highest BCUT2D eigenvalue weighted by atomic mass is 127. The number of aryl methyl sites for hydroxylation is 2. The molecule has 1 aliphatic carbocycles. The summed E-state index contributed by atoms with van der Waals surface area (Å²) in [4.78, 5) is 12.9. The van der Waals surface area contributed by atoms with E-state index in [1.807, 2.05) is 13.0 Å². The maximum atomic E-state index is 4.74. The topological polar surface area (TPSA) is 80.0 Å². The van der Waals surface area contributed by atoms with Gasteiger partial charge >= 0.3 is 0 Å². The van der Waals surface area contributed by atoms with E-state index in [9.17, 15) is 0 Å². The second-order valence-corrected chi connectivity index (χ2v) is 6.78. The Morgan fingerprint density at radius 1 is 1.42 bits per heavy atom. The fourth-order valence-electron chi connectivity index (χ4n) is 3.07. The van der Waals surface area contributed by atoms with E-state index in [1.165, 1.54) is 11.3 Å². The molecule has 0 saturated carbocycles. The van der Waals surface area contributed by atoms with Crippen LogP contribution >= 0.6 is 24.0 Å². The minimum Gasteiger partial charge on any atom is -0.353 e. The Morgan fingerprint density at radius 2 is 2.23 bits per heavy atom. The van der Waals surface area contributed by atoms with E-state index in [1.54, 1.807) is 13.2 Å². The van der Waals surface area contributed by atoms with Gasteiger partial charge < -0.3 is 10.6 Å². The number of guanidine groups is 1. The first-order valence-corrected chi connectivity index (χ1v) is 8.87. The average Bonchev–Trinajstić information content (AvgIpc) is 3.02. The first-order valence-electron chi connectivity index (χ1n) is 8.87. The highest BCUT2D eigenvalue weighted by Gasteiger charge is 2.23. The zero-order chi connectivity index (χ0) is 17.8. The number of rotatable bonds is 4. The minimum absolute atomic E-state index is 0. The maximum Gasteiger partial charge on any atom is 0.191 e. The summed E-state index contributed by atoms with van der Waals surface area (Å²) in [6.07, 6.45) is 7.05. The molecule has 8 heteroatoms. The van der Waals surface area contributed by atoms with Crippen molar-refractivity contribution in [2.45, 2.75) is 58.7 Å². The van der Waals surface area contributed by atoms with Crippen molar-refractivity contribution in [3.63, 3.8) is 0 Å². The van der Waals surface area contributed by atoms with E-state index in [2.05, 4.69) is 50.3 Å². The summed E-state index contributed by atoms with van der Waals surface area (Å²) in [7, 11) is 1.79. The number of hydrogen-bond acceptors (Lipinski definition) is 4. The second-order valence-electron chi connectivity index (χ2n) is 6.78. The van der Waals surface area contributed by atoms with Gasteiger partial charge in [-0.15, -0.1) is 24.0 Å². The maximum absolute atomic E-state index is 4.74. The highest BCUT2D eigenvalue weighted by Crippen LogP contribution is 2.21. The Labute approximate surface area is 172 Å². The lowest BCUT2D eigenvalue weighted by Gasteiger charge is -2.24.